The molecule has 0 aromatic carbocycles. The van der Waals surface area contributed by atoms with Crippen molar-refractivity contribution in [2.75, 3.05) is 20.3 Å². The Morgan fingerprint density at radius 3 is 3.14 bits per heavy atom. The first-order valence-corrected chi connectivity index (χ1v) is 4.05. The molecule has 0 unspecified atom stereocenters. The maximum absolute atomic E-state index is 11.3. The molecule has 0 fully saturated rings. The zero-order valence-electron chi connectivity index (χ0n) is 7.74. The number of H-pyrrole nitrogens is 1. The Bertz CT molecular complexity index is 361. The highest BCUT2D eigenvalue weighted by Crippen LogP contribution is 1.85. The fourth-order valence-corrected chi connectivity index (χ4v) is 0.868. The summed E-state index contributed by atoms with van der Waals surface area (Å²) >= 11 is 0. The van der Waals surface area contributed by atoms with Gasteiger partial charge in [0.2, 0.25) is 0 Å². The molecule has 0 radical (unpaired) electrons. The van der Waals surface area contributed by atoms with Crippen LogP contribution < -0.4 is 10.9 Å². The van der Waals surface area contributed by atoms with Crippen molar-refractivity contribution in [1.29, 1.82) is 0 Å². The molecule has 14 heavy (non-hydrogen) atoms. The Morgan fingerprint density at radius 2 is 2.50 bits per heavy atom. The Kier molecular flexibility index (Phi) is 3.81. The second-order valence-corrected chi connectivity index (χ2v) is 2.54. The predicted octanol–water partition coefficient (Wildman–Crippen LogP) is -0.854. The fourth-order valence-electron chi connectivity index (χ4n) is 0.868. The summed E-state index contributed by atoms with van der Waals surface area (Å²) in [6.07, 6.45) is 2.45. The van der Waals surface area contributed by atoms with Crippen LogP contribution in [0.25, 0.3) is 0 Å². The Morgan fingerprint density at radius 1 is 1.71 bits per heavy atom. The number of nitrogens with zero attached hydrogens (tertiary/aromatic N) is 1. The third-order valence-corrected chi connectivity index (χ3v) is 1.55. The van der Waals surface area contributed by atoms with Crippen molar-refractivity contribution in [3.8, 4) is 0 Å². The molecular formula is C8H11N3O3. The van der Waals surface area contributed by atoms with Gasteiger partial charge in [0, 0.05) is 19.9 Å². The van der Waals surface area contributed by atoms with Gasteiger partial charge in [-0.1, -0.05) is 0 Å². The number of carbonyl (C=O) groups is 1. The molecule has 0 bridgehead atoms. The number of hydrogen-bond donors (Lipinski definition) is 2. The van der Waals surface area contributed by atoms with Crippen LogP contribution in [0.15, 0.2) is 17.3 Å². The Labute approximate surface area is 80.3 Å². The highest BCUT2D eigenvalue weighted by atomic mass is 16.5. The lowest BCUT2D eigenvalue weighted by molar-refractivity contribution is 0.0935. The van der Waals surface area contributed by atoms with Crippen LogP contribution in [0.1, 0.15) is 10.4 Å². The summed E-state index contributed by atoms with van der Waals surface area (Å²) < 4.78 is 4.74. The average molecular weight is 197 g/mol. The lowest BCUT2D eigenvalue weighted by Gasteiger charge is -2.02. The van der Waals surface area contributed by atoms with E-state index in [0.29, 0.717) is 13.2 Å². The van der Waals surface area contributed by atoms with Crippen LogP contribution >= 0.6 is 0 Å². The van der Waals surface area contributed by atoms with E-state index in [1.807, 2.05) is 0 Å². The van der Waals surface area contributed by atoms with Crippen LogP contribution in [0.3, 0.4) is 0 Å². The van der Waals surface area contributed by atoms with Crippen molar-refractivity contribution >= 4 is 5.91 Å². The van der Waals surface area contributed by atoms with Crippen LogP contribution in [-0.4, -0.2) is 36.1 Å². The van der Waals surface area contributed by atoms with Crippen LogP contribution in [0.2, 0.25) is 0 Å². The first kappa shape index (κ1) is 10.4. The van der Waals surface area contributed by atoms with Crippen molar-refractivity contribution in [1.82, 2.24) is 15.3 Å². The van der Waals surface area contributed by atoms with Gasteiger partial charge in [0.1, 0.15) is 5.56 Å². The van der Waals surface area contributed by atoms with Crippen molar-refractivity contribution in [2.45, 2.75) is 0 Å². The van der Waals surface area contributed by atoms with Crippen LogP contribution in [0.5, 0.6) is 0 Å². The quantitative estimate of drug-likeness (QED) is 0.615. The SMILES string of the molecule is COCCNC(=O)c1cnc[nH]c1=O. The zero-order chi connectivity index (χ0) is 10.4. The summed E-state index contributed by atoms with van der Waals surface area (Å²) in [5.74, 6) is -0.448. The minimum atomic E-state index is -0.449. The van der Waals surface area contributed by atoms with Gasteiger partial charge in [-0.2, -0.15) is 0 Å². The molecule has 0 atom stereocenters. The van der Waals surface area contributed by atoms with Crippen LogP contribution in [0, 0.1) is 0 Å². The monoisotopic (exact) mass is 197 g/mol. The summed E-state index contributed by atoms with van der Waals surface area (Å²) in [4.78, 5) is 28.4. The van der Waals surface area contributed by atoms with Gasteiger partial charge in [-0.05, 0) is 0 Å². The van der Waals surface area contributed by atoms with Crippen molar-refractivity contribution in [2.24, 2.45) is 0 Å². The summed E-state index contributed by atoms with van der Waals surface area (Å²) in [5, 5.41) is 2.52. The number of ether oxygens (including phenoxy) is 1. The predicted molar refractivity (Wildman–Crippen MR) is 49.1 cm³/mol. The number of aromatic nitrogens is 2. The van der Waals surface area contributed by atoms with Gasteiger partial charge in [0.05, 0.1) is 12.9 Å². The van der Waals surface area contributed by atoms with Gasteiger partial charge in [0.15, 0.2) is 0 Å². The van der Waals surface area contributed by atoms with Gasteiger partial charge < -0.3 is 15.0 Å². The van der Waals surface area contributed by atoms with Crippen molar-refractivity contribution < 1.29 is 9.53 Å². The normalized spacial score (nSPS) is 9.79. The molecule has 6 heteroatoms. The molecule has 0 aliphatic carbocycles. The molecule has 0 saturated carbocycles. The van der Waals surface area contributed by atoms with E-state index in [-0.39, 0.29) is 5.56 Å². The van der Waals surface area contributed by atoms with Gasteiger partial charge >= 0.3 is 0 Å². The Balaban J connectivity index is 2.61. The summed E-state index contributed by atoms with van der Waals surface area (Å²) in [6.45, 7) is 0.771. The second-order valence-electron chi connectivity index (χ2n) is 2.54. The fraction of sp³-hybridized carbons (Fsp3) is 0.375. The number of methoxy groups -OCH3 is 1. The minimum absolute atomic E-state index is 0.00334. The molecule has 76 valence electrons. The molecule has 6 nitrogen and oxygen atoms in total. The minimum Gasteiger partial charge on any atom is -0.383 e. The lowest BCUT2D eigenvalue weighted by atomic mass is 10.3. The highest BCUT2D eigenvalue weighted by Gasteiger charge is 2.08. The van der Waals surface area contributed by atoms with E-state index in [0.717, 1.165) is 0 Å². The topological polar surface area (TPSA) is 84.1 Å². The average Bonchev–Trinajstić information content (AvgIpc) is 2.18. The third kappa shape index (κ3) is 2.67. The van der Waals surface area contributed by atoms with E-state index in [1.54, 1.807) is 0 Å². The first-order valence-electron chi connectivity index (χ1n) is 4.05. The summed E-state index contributed by atoms with van der Waals surface area (Å²) in [7, 11) is 1.53. The van der Waals surface area contributed by atoms with Gasteiger partial charge in [-0.3, -0.25) is 9.59 Å². The van der Waals surface area contributed by atoms with E-state index < -0.39 is 11.5 Å². The largest absolute Gasteiger partial charge is 0.383 e. The van der Waals surface area contributed by atoms with Crippen molar-refractivity contribution in [3.63, 3.8) is 0 Å². The molecule has 1 aromatic rings. The molecule has 1 heterocycles. The van der Waals surface area contributed by atoms with Gasteiger partial charge in [0.25, 0.3) is 11.5 Å². The molecular weight excluding hydrogens is 186 g/mol. The molecule has 2 N–H and O–H groups in total. The van der Waals surface area contributed by atoms with Crippen molar-refractivity contribution in [3.05, 3.63) is 28.4 Å². The maximum Gasteiger partial charge on any atom is 0.263 e. The molecule has 1 aromatic heterocycles. The summed E-state index contributed by atoms with van der Waals surface area (Å²) in [5.41, 5.74) is -0.446. The molecule has 0 spiro atoms. The van der Waals surface area contributed by atoms with E-state index in [9.17, 15) is 9.59 Å². The number of rotatable bonds is 4. The van der Waals surface area contributed by atoms with Gasteiger partial charge in [-0.25, -0.2) is 4.98 Å². The van der Waals surface area contributed by atoms with Gasteiger partial charge in [-0.15, -0.1) is 0 Å². The van der Waals surface area contributed by atoms with Crippen LogP contribution in [0.4, 0.5) is 0 Å². The molecule has 0 saturated heterocycles. The Hall–Kier alpha value is -1.69. The number of aromatic amines is 1. The van der Waals surface area contributed by atoms with E-state index >= 15 is 0 Å². The smallest absolute Gasteiger partial charge is 0.263 e. The second kappa shape index (κ2) is 5.13. The lowest BCUT2D eigenvalue weighted by Crippen LogP contribution is -2.31. The van der Waals surface area contributed by atoms with E-state index in [1.165, 1.54) is 19.6 Å². The molecule has 0 aliphatic rings. The third-order valence-electron chi connectivity index (χ3n) is 1.55. The first-order chi connectivity index (χ1) is 6.75. The standard InChI is InChI=1S/C8H11N3O3/c1-14-3-2-10-7(12)6-4-9-5-11-8(6)13/h4-5H,2-3H2,1H3,(H,10,12)(H,9,11,13). The number of carbonyl (C=O) groups excluding carboxylic acids is 1. The molecule has 1 amide bonds. The highest BCUT2D eigenvalue weighted by molar-refractivity contribution is 5.93. The number of nitrogens with one attached hydrogen (secondary N) is 2. The van der Waals surface area contributed by atoms with E-state index in [2.05, 4.69) is 15.3 Å². The van der Waals surface area contributed by atoms with Crippen LogP contribution in [-0.2, 0) is 4.74 Å². The number of amides is 1. The zero-order valence-corrected chi connectivity index (χ0v) is 7.74. The molecule has 1 rings (SSSR count). The summed E-state index contributed by atoms with van der Waals surface area (Å²) in [6, 6.07) is 0. The molecule has 0 aliphatic heterocycles. The van der Waals surface area contributed by atoms with E-state index in [4.69, 9.17) is 4.74 Å². The maximum atomic E-state index is 11.3. The number of hydrogen-bond acceptors (Lipinski definition) is 4.